The number of nitrogens with zero attached hydrogens (tertiary/aromatic N) is 3. The molecule has 1 aliphatic carbocycles. The molecule has 0 bridgehead atoms. The van der Waals surface area contributed by atoms with Gasteiger partial charge in [-0.2, -0.15) is 0 Å². The van der Waals surface area contributed by atoms with Crippen LogP contribution in [0.2, 0.25) is 0 Å². The standard InChI is InChI=1S/C28H31N5O2/c1-19-7-3-2-4-16-33(19)27(35)22-8-5-9-23(17-22)31-25-13-12-21(18-24(25)20-10-11-20)26(34)32-28-29-14-6-15-30-28/h5-6,8-9,12-15,17-20,31H,2-4,7,10-11,16H2,1H3,(H,29,30,32,34). The summed E-state index contributed by atoms with van der Waals surface area (Å²) in [6.07, 6.45) is 9.89. The van der Waals surface area contributed by atoms with Crippen molar-refractivity contribution in [2.45, 2.75) is 57.4 Å². The number of carbonyl (C=O) groups excluding carboxylic acids is 2. The average molecular weight is 470 g/mol. The molecule has 1 saturated heterocycles. The number of hydrogen-bond donors (Lipinski definition) is 2. The number of aromatic nitrogens is 2. The largest absolute Gasteiger partial charge is 0.355 e. The summed E-state index contributed by atoms with van der Waals surface area (Å²) in [4.78, 5) is 36.2. The maximum atomic E-state index is 13.3. The molecule has 1 saturated carbocycles. The van der Waals surface area contributed by atoms with Crippen molar-refractivity contribution in [3.63, 3.8) is 0 Å². The van der Waals surface area contributed by atoms with Crippen molar-refractivity contribution < 1.29 is 9.59 Å². The summed E-state index contributed by atoms with van der Waals surface area (Å²) in [5.41, 5.74) is 4.23. The zero-order chi connectivity index (χ0) is 24.2. The Morgan fingerprint density at radius 3 is 2.54 bits per heavy atom. The molecule has 2 heterocycles. The van der Waals surface area contributed by atoms with Gasteiger partial charge in [0.15, 0.2) is 0 Å². The highest BCUT2D eigenvalue weighted by Gasteiger charge is 2.28. The van der Waals surface area contributed by atoms with E-state index in [1.807, 2.05) is 41.3 Å². The molecule has 2 aromatic carbocycles. The summed E-state index contributed by atoms with van der Waals surface area (Å²) in [6.45, 7) is 2.97. The zero-order valence-electron chi connectivity index (χ0n) is 20.0. The fraction of sp³-hybridized carbons (Fsp3) is 0.357. The van der Waals surface area contributed by atoms with Gasteiger partial charge in [-0.1, -0.05) is 18.9 Å². The van der Waals surface area contributed by atoms with E-state index in [2.05, 4.69) is 27.5 Å². The van der Waals surface area contributed by atoms with Crippen molar-refractivity contribution in [3.8, 4) is 0 Å². The predicted molar refractivity (Wildman–Crippen MR) is 137 cm³/mol. The van der Waals surface area contributed by atoms with Gasteiger partial charge in [0.25, 0.3) is 11.8 Å². The normalized spacial score (nSPS) is 18.0. The molecule has 35 heavy (non-hydrogen) atoms. The fourth-order valence-corrected chi connectivity index (χ4v) is 4.72. The van der Waals surface area contributed by atoms with Crippen molar-refractivity contribution in [2.75, 3.05) is 17.2 Å². The Bertz CT molecular complexity index is 1210. The van der Waals surface area contributed by atoms with Crippen molar-refractivity contribution in [2.24, 2.45) is 0 Å². The Labute approximate surface area is 206 Å². The molecule has 1 aromatic heterocycles. The Morgan fingerprint density at radius 2 is 1.74 bits per heavy atom. The van der Waals surface area contributed by atoms with Gasteiger partial charge in [0.2, 0.25) is 5.95 Å². The van der Waals surface area contributed by atoms with E-state index in [0.717, 1.165) is 49.2 Å². The van der Waals surface area contributed by atoms with Crippen LogP contribution in [0.1, 0.15) is 77.6 Å². The van der Waals surface area contributed by atoms with E-state index in [0.29, 0.717) is 17.0 Å². The van der Waals surface area contributed by atoms with Crippen LogP contribution in [-0.4, -0.2) is 39.3 Å². The fourth-order valence-electron chi connectivity index (χ4n) is 4.72. The van der Waals surface area contributed by atoms with E-state index in [1.54, 1.807) is 24.5 Å². The van der Waals surface area contributed by atoms with Gasteiger partial charge < -0.3 is 10.2 Å². The molecule has 1 atom stereocenters. The summed E-state index contributed by atoms with van der Waals surface area (Å²) in [6, 6.07) is 15.4. The molecule has 1 aliphatic heterocycles. The monoisotopic (exact) mass is 469 g/mol. The molecule has 0 radical (unpaired) electrons. The summed E-state index contributed by atoms with van der Waals surface area (Å²) < 4.78 is 0. The number of anilines is 3. The van der Waals surface area contributed by atoms with Crippen LogP contribution >= 0.6 is 0 Å². The summed E-state index contributed by atoms with van der Waals surface area (Å²) in [7, 11) is 0. The molecule has 0 spiro atoms. The zero-order valence-corrected chi connectivity index (χ0v) is 20.0. The molecular weight excluding hydrogens is 438 g/mol. The quantitative estimate of drug-likeness (QED) is 0.480. The van der Waals surface area contributed by atoms with E-state index in [-0.39, 0.29) is 23.8 Å². The summed E-state index contributed by atoms with van der Waals surface area (Å²) in [5, 5.41) is 6.25. The minimum absolute atomic E-state index is 0.0978. The number of benzene rings is 2. The molecule has 2 N–H and O–H groups in total. The van der Waals surface area contributed by atoms with Gasteiger partial charge in [0.1, 0.15) is 0 Å². The van der Waals surface area contributed by atoms with Crippen LogP contribution in [0.25, 0.3) is 0 Å². The first-order valence-corrected chi connectivity index (χ1v) is 12.5. The van der Waals surface area contributed by atoms with E-state index in [9.17, 15) is 9.59 Å². The van der Waals surface area contributed by atoms with Crippen LogP contribution in [0.4, 0.5) is 17.3 Å². The number of carbonyl (C=O) groups is 2. The third kappa shape index (κ3) is 5.50. The van der Waals surface area contributed by atoms with Crippen LogP contribution in [0, 0.1) is 0 Å². The van der Waals surface area contributed by atoms with Crippen LogP contribution in [0.15, 0.2) is 60.9 Å². The first kappa shape index (κ1) is 23.0. The highest BCUT2D eigenvalue weighted by molar-refractivity contribution is 6.04. The van der Waals surface area contributed by atoms with E-state index in [1.165, 1.54) is 12.8 Å². The van der Waals surface area contributed by atoms with Gasteiger partial charge >= 0.3 is 0 Å². The molecule has 2 amide bonds. The van der Waals surface area contributed by atoms with Gasteiger partial charge in [-0.05, 0) is 86.6 Å². The van der Waals surface area contributed by atoms with Crippen molar-refractivity contribution in [1.82, 2.24) is 14.9 Å². The maximum absolute atomic E-state index is 13.3. The molecule has 1 unspecified atom stereocenters. The lowest BCUT2D eigenvalue weighted by molar-refractivity contribution is 0.0697. The molecular formula is C28H31N5O2. The van der Waals surface area contributed by atoms with Gasteiger partial charge in [-0.3, -0.25) is 14.9 Å². The van der Waals surface area contributed by atoms with Gasteiger partial charge in [-0.25, -0.2) is 9.97 Å². The van der Waals surface area contributed by atoms with Crippen LogP contribution in [-0.2, 0) is 0 Å². The minimum Gasteiger partial charge on any atom is -0.355 e. The topological polar surface area (TPSA) is 87.2 Å². The number of nitrogens with one attached hydrogen (secondary N) is 2. The molecule has 7 heteroatoms. The lowest BCUT2D eigenvalue weighted by Crippen LogP contribution is -2.38. The SMILES string of the molecule is CC1CCCCCN1C(=O)c1cccc(Nc2ccc(C(=O)Nc3ncccn3)cc2C2CC2)c1. The number of amides is 2. The first-order valence-electron chi connectivity index (χ1n) is 12.5. The number of likely N-dealkylation sites (tertiary alicyclic amines) is 1. The molecule has 2 aliphatic rings. The Kier molecular flexibility index (Phi) is 6.75. The van der Waals surface area contributed by atoms with Crippen molar-refractivity contribution in [3.05, 3.63) is 77.6 Å². The lowest BCUT2D eigenvalue weighted by Gasteiger charge is -2.27. The lowest BCUT2D eigenvalue weighted by atomic mass is 10.0. The van der Waals surface area contributed by atoms with Gasteiger partial charge in [0.05, 0.1) is 0 Å². The number of hydrogen-bond acceptors (Lipinski definition) is 5. The van der Waals surface area contributed by atoms with Crippen LogP contribution in [0.3, 0.4) is 0 Å². The molecule has 5 rings (SSSR count). The van der Waals surface area contributed by atoms with E-state index < -0.39 is 0 Å². The van der Waals surface area contributed by atoms with Gasteiger partial charge in [-0.15, -0.1) is 0 Å². The molecule has 180 valence electrons. The smallest absolute Gasteiger partial charge is 0.258 e. The third-order valence-corrected chi connectivity index (χ3v) is 6.82. The second-order valence-electron chi connectivity index (χ2n) is 9.51. The highest BCUT2D eigenvalue weighted by atomic mass is 16.2. The summed E-state index contributed by atoms with van der Waals surface area (Å²) in [5.74, 6) is 0.582. The van der Waals surface area contributed by atoms with E-state index >= 15 is 0 Å². The van der Waals surface area contributed by atoms with Crippen LogP contribution < -0.4 is 10.6 Å². The highest BCUT2D eigenvalue weighted by Crippen LogP contribution is 2.44. The minimum atomic E-state index is -0.233. The first-order chi connectivity index (χ1) is 17.1. The van der Waals surface area contributed by atoms with Crippen molar-refractivity contribution >= 4 is 29.1 Å². The third-order valence-electron chi connectivity index (χ3n) is 6.82. The Morgan fingerprint density at radius 1 is 0.914 bits per heavy atom. The maximum Gasteiger partial charge on any atom is 0.258 e. The van der Waals surface area contributed by atoms with Crippen molar-refractivity contribution in [1.29, 1.82) is 0 Å². The second kappa shape index (κ2) is 10.3. The predicted octanol–water partition coefficient (Wildman–Crippen LogP) is 5.75. The van der Waals surface area contributed by atoms with Gasteiger partial charge in [0, 0.05) is 47.5 Å². The Balaban J connectivity index is 1.34. The second-order valence-corrected chi connectivity index (χ2v) is 9.51. The summed E-state index contributed by atoms with van der Waals surface area (Å²) >= 11 is 0. The van der Waals surface area contributed by atoms with Crippen LogP contribution in [0.5, 0.6) is 0 Å². The average Bonchev–Trinajstić information content (AvgIpc) is 3.73. The molecule has 3 aromatic rings. The Hall–Kier alpha value is -3.74. The van der Waals surface area contributed by atoms with E-state index in [4.69, 9.17) is 0 Å². The number of rotatable bonds is 6. The molecule has 2 fully saturated rings. The molecule has 7 nitrogen and oxygen atoms in total.